The molecule has 0 heterocycles. The van der Waals surface area contributed by atoms with Gasteiger partial charge in [0.05, 0.1) is 6.16 Å². The van der Waals surface area contributed by atoms with Crippen molar-refractivity contribution in [1.82, 2.24) is 0 Å². The highest BCUT2D eigenvalue weighted by molar-refractivity contribution is 7.51. The van der Waals surface area contributed by atoms with Gasteiger partial charge in [-0.25, -0.2) is 0 Å². The minimum Gasteiger partial charge on any atom is -0.383 e. The molecule has 0 saturated carbocycles. The maximum Gasteiger partial charge on any atom is 0.328 e. The van der Waals surface area contributed by atoms with E-state index in [0.717, 1.165) is 0 Å². The molecule has 0 radical (unpaired) electrons. The van der Waals surface area contributed by atoms with Crippen molar-refractivity contribution in [2.45, 2.75) is 6.10 Å². The predicted molar refractivity (Wildman–Crippen MR) is 32.1 cm³/mol. The molecule has 0 rings (SSSR count). The molecule has 0 aliphatic carbocycles. The van der Waals surface area contributed by atoms with E-state index in [4.69, 9.17) is 14.9 Å². The predicted octanol–water partition coefficient (Wildman–Crippen LogP) is -1.99. The van der Waals surface area contributed by atoms with Crippen molar-refractivity contribution in [3.05, 3.63) is 0 Å². The molecule has 1 amide bonds. The topological polar surface area (TPSA) is 121 Å². The number of carbonyl (C=O) groups is 1. The second-order valence-corrected chi connectivity index (χ2v) is 3.46. The van der Waals surface area contributed by atoms with E-state index in [1.807, 2.05) is 0 Å². The van der Waals surface area contributed by atoms with E-state index in [1.54, 1.807) is 0 Å². The molecular weight excluding hydrogens is 161 g/mol. The van der Waals surface area contributed by atoms with E-state index >= 15 is 0 Å². The summed E-state index contributed by atoms with van der Waals surface area (Å²) in [6, 6.07) is 0. The van der Waals surface area contributed by atoms with E-state index in [9.17, 15) is 9.36 Å². The zero-order valence-electron chi connectivity index (χ0n) is 4.97. The second-order valence-electron chi connectivity index (χ2n) is 1.77. The van der Waals surface area contributed by atoms with Gasteiger partial charge >= 0.3 is 7.60 Å². The molecule has 0 spiro atoms. The van der Waals surface area contributed by atoms with Crippen LogP contribution in [-0.4, -0.2) is 33.1 Å². The van der Waals surface area contributed by atoms with Crippen LogP contribution < -0.4 is 5.73 Å². The molecule has 0 aromatic heterocycles. The van der Waals surface area contributed by atoms with E-state index in [2.05, 4.69) is 5.73 Å². The highest BCUT2D eigenvalue weighted by atomic mass is 31.2. The van der Waals surface area contributed by atoms with Gasteiger partial charge in [0.1, 0.15) is 6.10 Å². The summed E-state index contributed by atoms with van der Waals surface area (Å²) in [7, 11) is -4.33. The lowest BCUT2D eigenvalue weighted by molar-refractivity contribution is -0.125. The fraction of sp³-hybridized carbons (Fsp3) is 0.667. The van der Waals surface area contributed by atoms with Gasteiger partial charge in [-0.2, -0.15) is 0 Å². The Morgan fingerprint density at radius 2 is 2.00 bits per heavy atom. The number of amides is 1. The molecule has 0 aliphatic rings. The smallest absolute Gasteiger partial charge is 0.328 e. The molecule has 0 aliphatic heterocycles. The van der Waals surface area contributed by atoms with Gasteiger partial charge in [-0.3, -0.25) is 9.36 Å². The summed E-state index contributed by atoms with van der Waals surface area (Å²) in [5, 5.41) is 8.50. The van der Waals surface area contributed by atoms with Crippen LogP contribution in [0.3, 0.4) is 0 Å². The molecule has 1 unspecified atom stereocenters. The summed E-state index contributed by atoms with van der Waals surface area (Å²) in [4.78, 5) is 26.4. The second kappa shape index (κ2) is 3.12. The van der Waals surface area contributed by atoms with Crippen molar-refractivity contribution < 1.29 is 24.3 Å². The lowest BCUT2D eigenvalue weighted by Gasteiger charge is -2.06. The number of aliphatic hydroxyl groups is 1. The molecule has 0 fully saturated rings. The Morgan fingerprint density at radius 3 is 2.10 bits per heavy atom. The quantitative estimate of drug-likeness (QED) is 0.364. The number of rotatable bonds is 3. The van der Waals surface area contributed by atoms with Gasteiger partial charge in [-0.15, -0.1) is 0 Å². The lowest BCUT2D eigenvalue weighted by atomic mass is 10.4. The minimum absolute atomic E-state index is 0.914. The third kappa shape index (κ3) is 4.46. The number of primary amides is 1. The Kier molecular flexibility index (Phi) is 2.98. The molecule has 1 atom stereocenters. The van der Waals surface area contributed by atoms with Gasteiger partial charge < -0.3 is 20.6 Å². The van der Waals surface area contributed by atoms with E-state index < -0.39 is 25.8 Å². The minimum atomic E-state index is -4.33. The van der Waals surface area contributed by atoms with Gasteiger partial charge in [0.25, 0.3) is 0 Å². The third-order valence-electron chi connectivity index (χ3n) is 0.739. The number of carbonyl (C=O) groups excluding carboxylic acids is 1. The Labute approximate surface area is 56.8 Å². The summed E-state index contributed by atoms with van der Waals surface area (Å²) < 4.78 is 10.1. The summed E-state index contributed by atoms with van der Waals surface area (Å²) in [6.07, 6.45) is -2.68. The molecule has 0 aromatic rings. The summed E-state index contributed by atoms with van der Waals surface area (Å²) in [6.45, 7) is 0. The maximum atomic E-state index is 10.1. The van der Waals surface area contributed by atoms with Gasteiger partial charge in [0.15, 0.2) is 0 Å². The lowest BCUT2D eigenvalue weighted by Crippen LogP contribution is -2.31. The maximum absolute atomic E-state index is 10.1. The van der Waals surface area contributed by atoms with Crippen molar-refractivity contribution in [3.63, 3.8) is 0 Å². The van der Waals surface area contributed by atoms with Crippen LogP contribution in [0.1, 0.15) is 0 Å². The largest absolute Gasteiger partial charge is 0.383 e. The molecule has 0 saturated heterocycles. The summed E-state index contributed by atoms with van der Waals surface area (Å²) in [5.41, 5.74) is 4.51. The monoisotopic (exact) mass is 169 g/mol. The SMILES string of the molecule is NC(=O)C(O)CP(=O)(O)O. The van der Waals surface area contributed by atoms with E-state index in [-0.39, 0.29) is 0 Å². The fourth-order valence-electron chi connectivity index (χ4n) is 0.315. The molecule has 10 heavy (non-hydrogen) atoms. The molecular formula is C3H8NO5P. The number of aliphatic hydroxyl groups excluding tert-OH is 1. The summed E-state index contributed by atoms with van der Waals surface area (Å²) >= 11 is 0. The first-order valence-corrected chi connectivity index (χ1v) is 4.14. The van der Waals surface area contributed by atoms with Gasteiger partial charge in [0.2, 0.25) is 5.91 Å². The normalized spacial score (nSPS) is 14.7. The number of hydrogen-bond acceptors (Lipinski definition) is 3. The van der Waals surface area contributed by atoms with Crippen LogP contribution in [0.25, 0.3) is 0 Å². The molecule has 60 valence electrons. The van der Waals surface area contributed by atoms with Gasteiger partial charge in [-0.1, -0.05) is 0 Å². The van der Waals surface area contributed by atoms with E-state index in [0.29, 0.717) is 0 Å². The Bertz CT molecular complexity index is 174. The first-order chi connectivity index (χ1) is 4.33. The fourth-order valence-corrected chi connectivity index (χ4v) is 0.946. The average molecular weight is 169 g/mol. The molecule has 6 nitrogen and oxygen atoms in total. The highest BCUT2D eigenvalue weighted by Crippen LogP contribution is 2.34. The van der Waals surface area contributed by atoms with Crippen molar-refractivity contribution in [2.24, 2.45) is 5.73 Å². The number of nitrogens with two attached hydrogens (primary N) is 1. The first kappa shape index (κ1) is 9.58. The van der Waals surface area contributed by atoms with Crippen LogP contribution in [0, 0.1) is 0 Å². The van der Waals surface area contributed by atoms with Crippen LogP contribution in [0.2, 0.25) is 0 Å². The van der Waals surface area contributed by atoms with Gasteiger partial charge in [0, 0.05) is 0 Å². The standard InChI is InChI=1S/C3H8NO5P/c4-3(6)2(5)1-10(7,8)9/h2,5H,1H2,(H2,4,6)(H2,7,8,9). The van der Waals surface area contributed by atoms with Crippen molar-refractivity contribution in [3.8, 4) is 0 Å². The van der Waals surface area contributed by atoms with Crippen molar-refractivity contribution >= 4 is 13.5 Å². The molecule has 7 heteroatoms. The Hall–Kier alpha value is -0.420. The van der Waals surface area contributed by atoms with Crippen LogP contribution in [0.4, 0.5) is 0 Å². The third-order valence-corrected chi connectivity index (χ3v) is 1.56. The average Bonchev–Trinajstić information content (AvgIpc) is 1.60. The van der Waals surface area contributed by atoms with Crippen molar-refractivity contribution in [1.29, 1.82) is 0 Å². The van der Waals surface area contributed by atoms with Crippen LogP contribution in [-0.2, 0) is 9.36 Å². The van der Waals surface area contributed by atoms with Crippen LogP contribution in [0.15, 0.2) is 0 Å². The Morgan fingerprint density at radius 1 is 1.60 bits per heavy atom. The molecule has 5 N–H and O–H groups in total. The Balaban J connectivity index is 3.93. The van der Waals surface area contributed by atoms with Crippen molar-refractivity contribution in [2.75, 3.05) is 6.16 Å². The summed E-state index contributed by atoms with van der Waals surface area (Å²) in [5.74, 6) is -1.14. The zero-order valence-corrected chi connectivity index (χ0v) is 5.86. The van der Waals surface area contributed by atoms with E-state index in [1.165, 1.54) is 0 Å². The van der Waals surface area contributed by atoms with Gasteiger partial charge in [-0.05, 0) is 0 Å². The zero-order chi connectivity index (χ0) is 8.36. The van der Waals surface area contributed by atoms with Crippen LogP contribution in [0.5, 0.6) is 0 Å². The first-order valence-electron chi connectivity index (χ1n) is 2.35. The van der Waals surface area contributed by atoms with Crippen LogP contribution >= 0.6 is 7.60 Å². The number of hydrogen-bond donors (Lipinski definition) is 4. The molecule has 0 aromatic carbocycles. The highest BCUT2D eigenvalue weighted by Gasteiger charge is 2.22. The molecule has 0 bridgehead atoms.